The predicted octanol–water partition coefficient (Wildman–Crippen LogP) is 4.41. The summed E-state index contributed by atoms with van der Waals surface area (Å²) < 4.78 is 1.67. The summed E-state index contributed by atoms with van der Waals surface area (Å²) in [6.07, 6.45) is 0. The van der Waals surface area contributed by atoms with Crippen LogP contribution in [0.5, 0.6) is 0 Å². The Morgan fingerprint density at radius 1 is 0.850 bits per heavy atom. The maximum Gasteiger partial charge on any atom is 0.181 e. The summed E-state index contributed by atoms with van der Waals surface area (Å²) in [5, 5.41) is 4.51. The van der Waals surface area contributed by atoms with Gasteiger partial charge in [0.05, 0.1) is 5.69 Å². The van der Waals surface area contributed by atoms with Gasteiger partial charge in [-0.05, 0) is 12.1 Å². The van der Waals surface area contributed by atoms with Gasteiger partial charge in [-0.15, -0.1) is 5.10 Å². The molecule has 0 unspecified atom stereocenters. The van der Waals surface area contributed by atoms with E-state index in [1.165, 1.54) is 0 Å². The third-order valence-corrected chi connectivity index (χ3v) is 3.25. The van der Waals surface area contributed by atoms with Crippen molar-refractivity contribution >= 4 is 23.2 Å². The van der Waals surface area contributed by atoms with Crippen LogP contribution in [0.3, 0.4) is 0 Å². The number of hydrogen-bond acceptors (Lipinski definition) is 2. The quantitative estimate of drug-likeness (QED) is 0.671. The van der Waals surface area contributed by atoms with E-state index >= 15 is 0 Å². The van der Waals surface area contributed by atoms with E-state index in [2.05, 4.69) is 10.1 Å². The molecule has 0 aliphatic rings. The summed E-state index contributed by atoms with van der Waals surface area (Å²) in [5.41, 5.74) is 1.81. The first-order valence-corrected chi connectivity index (χ1v) is 6.99. The van der Waals surface area contributed by atoms with Crippen LogP contribution in [0.1, 0.15) is 10.7 Å². The summed E-state index contributed by atoms with van der Waals surface area (Å²) >= 11 is 12.0. The second-order valence-corrected chi connectivity index (χ2v) is 5.30. The Kier molecular flexibility index (Phi) is 3.72. The zero-order valence-electron chi connectivity index (χ0n) is 10.4. The SMILES string of the molecule is ClC(Cl)c1nc(-c2ccccc2)nn1-c1ccccc1. The Bertz CT molecular complexity index is 694. The van der Waals surface area contributed by atoms with Gasteiger partial charge >= 0.3 is 0 Å². The number of nitrogens with zero attached hydrogens (tertiary/aromatic N) is 3. The van der Waals surface area contributed by atoms with Crippen molar-refractivity contribution in [3.63, 3.8) is 0 Å². The van der Waals surface area contributed by atoms with Crippen LogP contribution in [0, 0.1) is 0 Å². The van der Waals surface area contributed by atoms with Crippen LogP contribution < -0.4 is 0 Å². The number of halogens is 2. The van der Waals surface area contributed by atoms with E-state index in [1.807, 2.05) is 60.7 Å². The lowest BCUT2D eigenvalue weighted by molar-refractivity contribution is 0.827. The van der Waals surface area contributed by atoms with Crippen LogP contribution in [-0.4, -0.2) is 14.8 Å². The van der Waals surface area contributed by atoms with Gasteiger partial charge in [-0.25, -0.2) is 9.67 Å². The maximum absolute atomic E-state index is 6.00. The fourth-order valence-corrected chi connectivity index (χ4v) is 2.22. The highest BCUT2D eigenvalue weighted by molar-refractivity contribution is 6.43. The molecule has 0 fully saturated rings. The van der Waals surface area contributed by atoms with E-state index in [-0.39, 0.29) is 0 Å². The molecule has 3 aromatic rings. The van der Waals surface area contributed by atoms with Crippen LogP contribution >= 0.6 is 23.2 Å². The zero-order chi connectivity index (χ0) is 13.9. The van der Waals surface area contributed by atoms with Crippen LogP contribution in [0.4, 0.5) is 0 Å². The number of aromatic nitrogens is 3. The third-order valence-electron chi connectivity index (χ3n) is 2.86. The normalized spacial score (nSPS) is 10.9. The van der Waals surface area contributed by atoms with Gasteiger partial charge in [0.1, 0.15) is 0 Å². The monoisotopic (exact) mass is 303 g/mol. The van der Waals surface area contributed by atoms with Gasteiger partial charge in [-0.3, -0.25) is 0 Å². The van der Waals surface area contributed by atoms with Crippen molar-refractivity contribution in [1.82, 2.24) is 14.8 Å². The minimum atomic E-state index is -0.736. The van der Waals surface area contributed by atoms with Crippen molar-refractivity contribution in [2.45, 2.75) is 4.84 Å². The van der Waals surface area contributed by atoms with Gasteiger partial charge in [0.25, 0.3) is 0 Å². The lowest BCUT2D eigenvalue weighted by Crippen LogP contribution is -2.02. The van der Waals surface area contributed by atoms with Crippen LogP contribution in [0.15, 0.2) is 60.7 Å². The van der Waals surface area contributed by atoms with Crippen LogP contribution in [0.25, 0.3) is 17.1 Å². The fraction of sp³-hybridized carbons (Fsp3) is 0.0667. The number of hydrogen-bond donors (Lipinski definition) is 0. The molecule has 0 N–H and O–H groups in total. The average molecular weight is 304 g/mol. The number of alkyl halides is 2. The molecule has 0 atom stereocenters. The molecule has 0 aliphatic carbocycles. The van der Waals surface area contributed by atoms with E-state index in [0.717, 1.165) is 11.3 Å². The third kappa shape index (κ3) is 2.55. The van der Waals surface area contributed by atoms with Gasteiger partial charge in [0.15, 0.2) is 16.5 Å². The molecule has 5 heteroatoms. The maximum atomic E-state index is 6.00. The van der Waals surface area contributed by atoms with Crippen molar-refractivity contribution in [2.75, 3.05) is 0 Å². The van der Waals surface area contributed by atoms with E-state index in [0.29, 0.717) is 11.6 Å². The molecular formula is C15H11Cl2N3. The summed E-state index contributed by atoms with van der Waals surface area (Å²) in [6.45, 7) is 0. The molecule has 3 nitrogen and oxygen atoms in total. The molecule has 0 aliphatic heterocycles. The van der Waals surface area contributed by atoms with Gasteiger partial charge in [0.2, 0.25) is 0 Å². The van der Waals surface area contributed by atoms with Crippen LogP contribution in [-0.2, 0) is 0 Å². The van der Waals surface area contributed by atoms with Crippen molar-refractivity contribution in [1.29, 1.82) is 0 Å². The first-order valence-electron chi connectivity index (χ1n) is 6.11. The van der Waals surface area contributed by atoms with Crippen molar-refractivity contribution in [3.05, 3.63) is 66.5 Å². The Labute approximate surface area is 126 Å². The summed E-state index contributed by atoms with van der Waals surface area (Å²) in [7, 11) is 0. The molecule has 1 aromatic heterocycles. The molecule has 1 heterocycles. The van der Waals surface area contributed by atoms with E-state index in [1.54, 1.807) is 4.68 Å². The second kappa shape index (κ2) is 5.65. The Morgan fingerprint density at radius 2 is 1.45 bits per heavy atom. The minimum Gasteiger partial charge on any atom is -0.214 e. The Hall–Kier alpha value is -1.84. The molecule has 20 heavy (non-hydrogen) atoms. The topological polar surface area (TPSA) is 30.7 Å². The zero-order valence-corrected chi connectivity index (χ0v) is 12.0. The predicted molar refractivity (Wildman–Crippen MR) is 81.2 cm³/mol. The average Bonchev–Trinajstić information content (AvgIpc) is 2.94. The Morgan fingerprint density at radius 3 is 2.05 bits per heavy atom. The molecule has 0 radical (unpaired) electrons. The molecule has 0 saturated heterocycles. The fourth-order valence-electron chi connectivity index (χ4n) is 1.93. The smallest absolute Gasteiger partial charge is 0.181 e. The first-order chi connectivity index (χ1) is 9.75. The lowest BCUT2D eigenvalue weighted by atomic mass is 10.2. The molecule has 0 spiro atoms. The second-order valence-electron chi connectivity index (χ2n) is 4.21. The van der Waals surface area contributed by atoms with Crippen molar-refractivity contribution in [2.24, 2.45) is 0 Å². The summed E-state index contributed by atoms with van der Waals surface area (Å²) in [5.74, 6) is 1.12. The minimum absolute atomic E-state index is 0.512. The standard InChI is InChI=1S/C15H11Cl2N3/c16-13(17)15-18-14(11-7-3-1-4-8-11)19-20(15)12-9-5-2-6-10-12/h1-10,13H. The van der Waals surface area contributed by atoms with Gasteiger partial charge in [-0.2, -0.15) is 0 Å². The molecule has 2 aromatic carbocycles. The van der Waals surface area contributed by atoms with Gasteiger partial charge in [0, 0.05) is 5.56 Å². The van der Waals surface area contributed by atoms with Gasteiger partial charge < -0.3 is 0 Å². The van der Waals surface area contributed by atoms with Crippen molar-refractivity contribution < 1.29 is 0 Å². The highest BCUT2D eigenvalue weighted by atomic mass is 35.5. The van der Waals surface area contributed by atoms with E-state index in [9.17, 15) is 0 Å². The molecular weight excluding hydrogens is 293 g/mol. The highest BCUT2D eigenvalue weighted by Crippen LogP contribution is 2.27. The highest BCUT2D eigenvalue weighted by Gasteiger charge is 2.17. The lowest BCUT2D eigenvalue weighted by Gasteiger charge is -2.05. The largest absolute Gasteiger partial charge is 0.214 e. The number of benzene rings is 2. The van der Waals surface area contributed by atoms with E-state index in [4.69, 9.17) is 23.2 Å². The van der Waals surface area contributed by atoms with Crippen molar-refractivity contribution in [3.8, 4) is 17.1 Å². The molecule has 0 amide bonds. The Balaban J connectivity index is 2.13. The molecule has 100 valence electrons. The summed E-state index contributed by atoms with van der Waals surface area (Å²) in [6, 6.07) is 19.4. The number of para-hydroxylation sites is 1. The summed E-state index contributed by atoms with van der Waals surface area (Å²) in [4.78, 5) is 3.71. The molecule has 3 rings (SSSR count). The number of rotatable bonds is 3. The van der Waals surface area contributed by atoms with Crippen LogP contribution in [0.2, 0.25) is 0 Å². The molecule has 0 saturated carbocycles. The van der Waals surface area contributed by atoms with Gasteiger partial charge in [-0.1, -0.05) is 71.7 Å². The first kappa shape index (κ1) is 13.2. The molecule has 0 bridgehead atoms. The van der Waals surface area contributed by atoms with E-state index < -0.39 is 4.84 Å².